The average Bonchev–Trinajstić information content (AvgIpc) is 3.16. The molecule has 4 rings (SSSR count). The third-order valence-electron chi connectivity index (χ3n) is 4.25. The molecule has 2 heterocycles. The van der Waals surface area contributed by atoms with Crippen LogP contribution in [0.3, 0.4) is 0 Å². The van der Waals surface area contributed by atoms with E-state index >= 15 is 0 Å². The van der Waals surface area contributed by atoms with Crippen LogP contribution >= 0.6 is 0 Å². The van der Waals surface area contributed by atoms with Gasteiger partial charge in [0.1, 0.15) is 35.5 Å². The molecule has 0 radical (unpaired) electrons. The van der Waals surface area contributed by atoms with Crippen molar-refractivity contribution < 1.29 is 18.4 Å². The van der Waals surface area contributed by atoms with E-state index in [0.717, 1.165) is 4.57 Å². The minimum Gasteiger partial charge on any atom is -0.497 e. The van der Waals surface area contributed by atoms with Crippen molar-refractivity contribution in [2.24, 2.45) is 0 Å². The van der Waals surface area contributed by atoms with Gasteiger partial charge in [0, 0.05) is 17.3 Å². The SMILES string of the molecule is COc1cccc(NC(=O)Cn2cnc3onc(-c4ccc(F)cc4)c3c2=O)c1. The fourth-order valence-electron chi connectivity index (χ4n) is 2.85. The lowest BCUT2D eigenvalue weighted by atomic mass is 10.1. The molecule has 146 valence electrons. The number of anilines is 1. The number of ether oxygens (including phenoxy) is 1. The maximum absolute atomic E-state index is 13.2. The summed E-state index contributed by atoms with van der Waals surface area (Å²) < 4.78 is 24.6. The summed E-state index contributed by atoms with van der Waals surface area (Å²) in [6, 6.07) is 12.3. The molecule has 4 aromatic rings. The van der Waals surface area contributed by atoms with Gasteiger partial charge in [-0.2, -0.15) is 0 Å². The molecule has 0 atom stereocenters. The lowest BCUT2D eigenvalue weighted by Crippen LogP contribution is -2.27. The molecule has 2 aromatic carbocycles. The smallest absolute Gasteiger partial charge is 0.267 e. The van der Waals surface area contributed by atoms with Crippen molar-refractivity contribution in [2.75, 3.05) is 12.4 Å². The van der Waals surface area contributed by atoms with E-state index in [1.807, 2.05) is 0 Å². The van der Waals surface area contributed by atoms with Gasteiger partial charge < -0.3 is 14.6 Å². The fourth-order valence-corrected chi connectivity index (χ4v) is 2.85. The van der Waals surface area contributed by atoms with Crippen LogP contribution in [0.2, 0.25) is 0 Å². The van der Waals surface area contributed by atoms with E-state index in [2.05, 4.69) is 15.5 Å². The molecular formula is C20H15FN4O4. The number of nitrogens with one attached hydrogen (secondary N) is 1. The quantitative estimate of drug-likeness (QED) is 0.559. The van der Waals surface area contributed by atoms with E-state index in [1.54, 1.807) is 24.3 Å². The van der Waals surface area contributed by atoms with Crippen molar-refractivity contribution in [1.29, 1.82) is 0 Å². The first kappa shape index (κ1) is 18.4. The number of carbonyl (C=O) groups is 1. The molecule has 0 fully saturated rings. The van der Waals surface area contributed by atoms with Crippen molar-refractivity contribution in [1.82, 2.24) is 14.7 Å². The first-order valence-corrected chi connectivity index (χ1v) is 8.60. The van der Waals surface area contributed by atoms with Gasteiger partial charge in [0.25, 0.3) is 11.3 Å². The molecule has 0 aliphatic heterocycles. The first-order valence-electron chi connectivity index (χ1n) is 8.60. The number of halogens is 1. The van der Waals surface area contributed by atoms with Crippen LogP contribution in [0.25, 0.3) is 22.4 Å². The topological polar surface area (TPSA) is 99.2 Å². The molecule has 0 aliphatic rings. The van der Waals surface area contributed by atoms with Crippen molar-refractivity contribution >= 4 is 22.7 Å². The van der Waals surface area contributed by atoms with E-state index in [9.17, 15) is 14.0 Å². The average molecular weight is 394 g/mol. The summed E-state index contributed by atoms with van der Waals surface area (Å²) in [5, 5.41) is 6.69. The number of nitrogens with zero attached hydrogens (tertiary/aromatic N) is 3. The van der Waals surface area contributed by atoms with Crippen LogP contribution in [0.4, 0.5) is 10.1 Å². The van der Waals surface area contributed by atoms with Crippen LogP contribution in [-0.2, 0) is 11.3 Å². The van der Waals surface area contributed by atoms with Gasteiger partial charge in [-0.3, -0.25) is 14.2 Å². The summed E-state index contributed by atoms with van der Waals surface area (Å²) in [5.41, 5.74) is 0.825. The summed E-state index contributed by atoms with van der Waals surface area (Å²) in [4.78, 5) is 29.3. The maximum Gasteiger partial charge on any atom is 0.267 e. The number of rotatable bonds is 5. The highest BCUT2D eigenvalue weighted by Crippen LogP contribution is 2.24. The molecular weight excluding hydrogens is 379 g/mol. The van der Waals surface area contributed by atoms with Crippen molar-refractivity contribution in [2.45, 2.75) is 6.54 Å². The molecule has 29 heavy (non-hydrogen) atoms. The Bertz CT molecular complexity index is 1250. The molecule has 0 spiro atoms. The van der Waals surface area contributed by atoms with E-state index < -0.39 is 17.3 Å². The zero-order valence-corrected chi connectivity index (χ0v) is 15.3. The number of hydrogen-bond acceptors (Lipinski definition) is 6. The van der Waals surface area contributed by atoms with Crippen LogP contribution in [-0.4, -0.2) is 27.7 Å². The standard InChI is InChI=1S/C20H15FN4O4/c1-28-15-4-2-3-14(9-15)23-16(26)10-25-11-22-19-17(20(25)27)18(24-29-19)12-5-7-13(21)8-6-12/h2-9,11H,10H2,1H3,(H,23,26). The number of hydrogen-bond donors (Lipinski definition) is 1. The Morgan fingerprint density at radius 2 is 2.03 bits per heavy atom. The van der Waals surface area contributed by atoms with Crippen LogP contribution in [0.5, 0.6) is 5.75 Å². The lowest BCUT2D eigenvalue weighted by molar-refractivity contribution is -0.116. The first-order chi connectivity index (χ1) is 14.0. The Labute approximate surface area is 163 Å². The highest BCUT2D eigenvalue weighted by Gasteiger charge is 2.18. The fraction of sp³-hybridized carbons (Fsp3) is 0.100. The second-order valence-corrected chi connectivity index (χ2v) is 6.18. The molecule has 1 amide bonds. The van der Waals surface area contributed by atoms with Gasteiger partial charge >= 0.3 is 0 Å². The number of carbonyl (C=O) groups excluding carboxylic acids is 1. The number of aromatic nitrogens is 3. The molecule has 0 unspecified atom stereocenters. The van der Waals surface area contributed by atoms with Crippen molar-refractivity contribution in [3.05, 3.63) is 71.0 Å². The number of benzene rings is 2. The van der Waals surface area contributed by atoms with Crippen molar-refractivity contribution in [3.63, 3.8) is 0 Å². The number of amides is 1. The van der Waals surface area contributed by atoms with Gasteiger partial charge in [0.15, 0.2) is 0 Å². The molecule has 9 heteroatoms. The molecule has 0 bridgehead atoms. The Morgan fingerprint density at radius 3 is 2.79 bits per heavy atom. The van der Waals surface area contributed by atoms with Gasteiger partial charge in [0.2, 0.25) is 5.91 Å². The second kappa shape index (κ2) is 7.55. The van der Waals surface area contributed by atoms with Crippen LogP contribution in [0.1, 0.15) is 0 Å². The molecule has 0 aliphatic carbocycles. The van der Waals surface area contributed by atoms with Gasteiger partial charge in [-0.25, -0.2) is 9.37 Å². The predicted molar refractivity (Wildman–Crippen MR) is 103 cm³/mol. The van der Waals surface area contributed by atoms with Crippen LogP contribution in [0, 0.1) is 5.82 Å². The summed E-state index contributed by atoms with van der Waals surface area (Å²) in [5.74, 6) is -0.232. The summed E-state index contributed by atoms with van der Waals surface area (Å²) >= 11 is 0. The third-order valence-corrected chi connectivity index (χ3v) is 4.25. The minimum absolute atomic E-state index is 0.0405. The van der Waals surface area contributed by atoms with E-state index in [1.165, 1.54) is 37.7 Å². The highest BCUT2D eigenvalue weighted by molar-refractivity contribution is 5.91. The number of methoxy groups -OCH3 is 1. The highest BCUT2D eigenvalue weighted by atomic mass is 19.1. The lowest BCUT2D eigenvalue weighted by Gasteiger charge is -2.08. The number of fused-ring (bicyclic) bond motifs is 1. The molecule has 2 aromatic heterocycles. The minimum atomic E-state index is -0.489. The third kappa shape index (κ3) is 3.70. The maximum atomic E-state index is 13.2. The molecule has 1 N–H and O–H groups in total. The second-order valence-electron chi connectivity index (χ2n) is 6.18. The van der Waals surface area contributed by atoms with Crippen LogP contribution < -0.4 is 15.6 Å². The van der Waals surface area contributed by atoms with Crippen molar-refractivity contribution in [3.8, 4) is 17.0 Å². The Morgan fingerprint density at radius 1 is 1.24 bits per heavy atom. The van der Waals surface area contributed by atoms with Gasteiger partial charge in [-0.15, -0.1) is 0 Å². The normalized spacial score (nSPS) is 10.8. The molecule has 0 saturated heterocycles. The van der Waals surface area contributed by atoms with E-state index in [0.29, 0.717) is 17.0 Å². The summed E-state index contributed by atoms with van der Waals surface area (Å²) in [6.45, 7) is -0.257. The van der Waals surface area contributed by atoms with E-state index in [4.69, 9.17) is 9.26 Å². The monoisotopic (exact) mass is 394 g/mol. The van der Waals surface area contributed by atoms with Gasteiger partial charge in [-0.1, -0.05) is 11.2 Å². The summed E-state index contributed by atoms with van der Waals surface area (Å²) in [6.07, 6.45) is 1.22. The molecule has 8 nitrogen and oxygen atoms in total. The zero-order valence-electron chi connectivity index (χ0n) is 15.3. The largest absolute Gasteiger partial charge is 0.497 e. The summed E-state index contributed by atoms with van der Waals surface area (Å²) in [7, 11) is 1.53. The van der Waals surface area contributed by atoms with Crippen LogP contribution in [0.15, 0.2) is 64.2 Å². The predicted octanol–water partition coefficient (Wildman–Crippen LogP) is 2.84. The Balaban J connectivity index is 1.63. The zero-order chi connectivity index (χ0) is 20.4. The van der Waals surface area contributed by atoms with Gasteiger partial charge in [0.05, 0.1) is 7.11 Å². The molecule has 0 saturated carbocycles. The Hall–Kier alpha value is -4.01. The Kier molecular flexibility index (Phi) is 4.78. The van der Waals surface area contributed by atoms with E-state index in [-0.39, 0.29) is 23.3 Å². The van der Waals surface area contributed by atoms with Gasteiger partial charge in [-0.05, 0) is 36.4 Å².